The molecule has 1 fully saturated rings. The SMILES string of the molecule is CN(C(=O)NCCCC(N)=O)C1(CC(=O)O)CCCCC1. The van der Waals surface area contributed by atoms with E-state index in [0.29, 0.717) is 25.8 Å². The van der Waals surface area contributed by atoms with Crippen molar-refractivity contribution in [3.05, 3.63) is 0 Å². The highest BCUT2D eigenvalue weighted by Gasteiger charge is 2.40. The van der Waals surface area contributed by atoms with Gasteiger partial charge in [0.2, 0.25) is 5.91 Å². The zero-order chi connectivity index (χ0) is 15.9. The molecular formula is C14H25N3O4. The summed E-state index contributed by atoms with van der Waals surface area (Å²) in [6, 6.07) is -0.289. The van der Waals surface area contributed by atoms with Crippen LogP contribution in [0.3, 0.4) is 0 Å². The third-order valence-electron chi connectivity index (χ3n) is 4.16. The van der Waals surface area contributed by atoms with Crippen molar-refractivity contribution in [1.82, 2.24) is 10.2 Å². The predicted molar refractivity (Wildman–Crippen MR) is 77.7 cm³/mol. The largest absolute Gasteiger partial charge is 0.481 e. The molecule has 0 unspecified atom stereocenters. The standard InChI is InChI=1S/C14H25N3O4/c1-17(13(21)16-9-5-6-11(15)18)14(10-12(19)20)7-3-2-4-8-14/h2-10H2,1H3,(H2,15,18)(H,16,21)(H,19,20). The van der Waals surface area contributed by atoms with Gasteiger partial charge in [0.1, 0.15) is 0 Å². The second kappa shape index (κ2) is 7.85. The smallest absolute Gasteiger partial charge is 0.317 e. The van der Waals surface area contributed by atoms with Crippen LogP contribution in [0.4, 0.5) is 4.79 Å². The minimum Gasteiger partial charge on any atom is -0.481 e. The van der Waals surface area contributed by atoms with Crippen LogP contribution in [-0.4, -0.2) is 47.0 Å². The van der Waals surface area contributed by atoms with E-state index in [2.05, 4.69) is 5.32 Å². The summed E-state index contributed by atoms with van der Waals surface area (Å²) in [5.41, 5.74) is 4.44. The van der Waals surface area contributed by atoms with E-state index in [1.165, 1.54) is 4.90 Å². The summed E-state index contributed by atoms with van der Waals surface area (Å²) < 4.78 is 0. The van der Waals surface area contributed by atoms with E-state index in [-0.39, 0.29) is 18.9 Å². The van der Waals surface area contributed by atoms with Crippen LogP contribution in [0, 0.1) is 0 Å². The molecule has 0 aliphatic heterocycles. The van der Waals surface area contributed by atoms with Gasteiger partial charge in [-0.15, -0.1) is 0 Å². The van der Waals surface area contributed by atoms with Crippen LogP contribution < -0.4 is 11.1 Å². The van der Waals surface area contributed by atoms with Gasteiger partial charge in [-0.25, -0.2) is 4.79 Å². The Morgan fingerprint density at radius 1 is 1.24 bits per heavy atom. The number of aliphatic carboxylic acids is 1. The summed E-state index contributed by atoms with van der Waals surface area (Å²) in [6.45, 7) is 0.356. The highest BCUT2D eigenvalue weighted by atomic mass is 16.4. The Bertz CT molecular complexity index is 392. The van der Waals surface area contributed by atoms with Gasteiger partial charge < -0.3 is 21.1 Å². The van der Waals surface area contributed by atoms with E-state index in [9.17, 15) is 14.4 Å². The number of nitrogens with one attached hydrogen (secondary N) is 1. The van der Waals surface area contributed by atoms with Gasteiger partial charge in [0.05, 0.1) is 12.0 Å². The first-order chi connectivity index (χ1) is 9.87. The molecule has 21 heavy (non-hydrogen) atoms. The van der Waals surface area contributed by atoms with Crippen molar-refractivity contribution in [2.24, 2.45) is 5.73 Å². The van der Waals surface area contributed by atoms with Gasteiger partial charge in [0.25, 0.3) is 0 Å². The lowest BCUT2D eigenvalue weighted by Gasteiger charge is -2.43. The molecule has 0 atom stereocenters. The van der Waals surface area contributed by atoms with Crippen molar-refractivity contribution in [3.8, 4) is 0 Å². The van der Waals surface area contributed by atoms with Crippen LogP contribution in [0.25, 0.3) is 0 Å². The fourth-order valence-corrected chi connectivity index (χ4v) is 2.91. The lowest BCUT2D eigenvalue weighted by atomic mass is 9.78. The van der Waals surface area contributed by atoms with Crippen LogP contribution in [0.15, 0.2) is 0 Å². The second-order valence-corrected chi connectivity index (χ2v) is 5.72. The number of urea groups is 1. The molecule has 7 heteroatoms. The van der Waals surface area contributed by atoms with Gasteiger partial charge in [-0.1, -0.05) is 19.3 Å². The summed E-state index contributed by atoms with van der Waals surface area (Å²) >= 11 is 0. The third-order valence-corrected chi connectivity index (χ3v) is 4.16. The maximum atomic E-state index is 12.2. The van der Waals surface area contributed by atoms with Crippen LogP contribution in [0.5, 0.6) is 0 Å². The van der Waals surface area contributed by atoms with Crippen LogP contribution in [0.2, 0.25) is 0 Å². The van der Waals surface area contributed by atoms with Gasteiger partial charge >= 0.3 is 12.0 Å². The number of hydrogen-bond donors (Lipinski definition) is 3. The molecule has 1 rings (SSSR count). The fourth-order valence-electron chi connectivity index (χ4n) is 2.91. The number of amides is 3. The van der Waals surface area contributed by atoms with Gasteiger partial charge in [-0.2, -0.15) is 0 Å². The number of carbonyl (C=O) groups is 3. The lowest BCUT2D eigenvalue weighted by Crippen LogP contribution is -2.55. The zero-order valence-corrected chi connectivity index (χ0v) is 12.6. The number of primary amides is 1. The Labute approximate surface area is 124 Å². The quantitative estimate of drug-likeness (QED) is 0.610. The van der Waals surface area contributed by atoms with Crippen molar-refractivity contribution in [3.63, 3.8) is 0 Å². The molecule has 7 nitrogen and oxygen atoms in total. The molecule has 120 valence electrons. The minimum atomic E-state index is -0.884. The average Bonchev–Trinajstić information content (AvgIpc) is 2.42. The highest BCUT2D eigenvalue weighted by molar-refractivity contribution is 5.77. The molecule has 1 aliphatic carbocycles. The topological polar surface area (TPSA) is 113 Å². The zero-order valence-electron chi connectivity index (χ0n) is 12.6. The third kappa shape index (κ3) is 5.24. The van der Waals surface area contributed by atoms with Gasteiger partial charge in [-0.05, 0) is 19.3 Å². The number of hydrogen-bond acceptors (Lipinski definition) is 3. The van der Waals surface area contributed by atoms with Crippen molar-refractivity contribution in [2.75, 3.05) is 13.6 Å². The number of carboxylic acid groups (broad SMARTS) is 1. The predicted octanol–water partition coefficient (Wildman–Crippen LogP) is 1.07. The number of rotatable bonds is 7. The first-order valence-corrected chi connectivity index (χ1v) is 7.39. The number of carboxylic acids is 1. The normalized spacial score (nSPS) is 17.0. The molecule has 0 aromatic rings. The number of carbonyl (C=O) groups excluding carboxylic acids is 2. The van der Waals surface area contributed by atoms with Crippen LogP contribution >= 0.6 is 0 Å². The van der Waals surface area contributed by atoms with Crippen molar-refractivity contribution >= 4 is 17.9 Å². The van der Waals surface area contributed by atoms with Crippen molar-refractivity contribution < 1.29 is 19.5 Å². The minimum absolute atomic E-state index is 0.0296. The van der Waals surface area contributed by atoms with Crippen LogP contribution in [0.1, 0.15) is 51.4 Å². The Morgan fingerprint density at radius 2 is 1.86 bits per heavy atom. The number of nitrogens with two attached hydrogens (primary N) is 1. The summed E-state index contributed by atoms with van der Waals surface area (Å²) in [6.07, 6.45) is 5.06. The van der Waals surface area contributed by atoms with E-state index in [0.717, 1.165) is 19.3 Å². The summed E-state index contributed by atoms with van der Waals surface area (Å²) in [4.78, 5) is 35.5. The molecule has 0 heterocycles. The Morgan fingerprint density at radius 3 is 2.38 bits per heavy atom. The summed E-state index contributed by atoms with van der Waals surface area (Å²) in [7, 11) is 1.65. The van der Waals surface area contributed by atoms with Crippen LogP contribution in [-0.2, 0) is 9.59 Å². The van der Waals surface area contributed by atoms with Crippen molar-refractivity contribution in [1.29, 1.82) is 0 Å². The van der Waals surface area contributed by atoms with Gasteiger partial charge in [0, 0.05) is 20.0 Å². The maximum absolute atomic E-state index is 12.2. The van der Waals surface area contributed by atoms with E-state index in [1.54, 1.807) is 7.05 Å². The molecule has 1 aliphatic rings. The second-order valence-electron chi connectivity index (χ2n) is 5.72. The van der Waals surface area contributed by atoms with E-state index >= 15 is 0 Å². The molecule has 0 spiro atoms. The molecule has 0 bridgehead atoms. The molecule has 0 radical (unpaired) electrons. The van der Waals surface area contributed by atoms with Gasteiger partial charge in [-0.3, -0.25) is 9.59 Å². The molecule has 1 saturated carbocycles. The highest BCUT2D eigenvalue weighted by Crippen LogP contribution is 2.35. The fraction of sp³-hybridized carbons (Fsp3) is 0.786. The molecule has 0 saturated heterocycles. The monoisotopic (exact) mass is 299 g/mol. The van der Waals surface area contributed by atoms with E-state index in [1.807, 2.05) is 0 Å². The summed E-state index contributed by atoms with van der Waals surface area (Å²) in [5.74, 6) is -1.28. The number of nitrogens with zero attached hydrogens (tertiary/aromatic N) is 1. The summed E-state index contributed by atoms with van der Waals surface area (Å²) in [5, 5.41) is 11.8. The average molecular weight is 299 g/mol. The molecule has 0 aromatic heterocycles. The molecule has 0 aromatic carbocycles. The molecule has 3 amide bonds. The van der Waals surface area contributed by atoms with Crippen molar-refractivity contribution in [2.45, 2.75) is 56.9 Å². The van der Waals surface area contributed by atoms with E-state index in [4.69, 9.17) is 10.8 Å². The van der Waals surface area contributed by atoms with Gasteiger partial charge in [0.15, 0.2) is 0 Å². The Balaban J connectivity index is 2.58. The molecule has 4 N–H and O–H groups in total. The maximum Gasteiger partial charge on any atom is 0.317 e. The Kier molecular flexibility index (Phi) is 6.45. The van der Waals surface area contributed by atoms with E-state index < -0.39 is 17.4 Å². The Hall–Kier alpha value is -1.79. The first kappa shape index (κ1) is 17.3. The molecular weight excluding hydrogens is 274 g/mol. The first-order valence-electron chi connectivity index (χ1n) is 7.39. The lowest BCUT2D eigenvalue weighted by molar-refractivity contribution is -0.140.